The maximum absolute atomic E-state index is 13.9. The van der Waals surface area contributed by atoms with Crippen LogP contribution in [0, 0.1) is 0 Å². The summed E-state index contributed by atoms with van der Waals surface area (Å²) < 4.78 is 479. The van der Waals surface area contributed by atoms with Crippen molar-refractivity contribution in [2.75, 3.05) is 25.1 Å². The number of carbonyl (C=O) groups excluding carboxylic acids is 2. The third kappa shape index (κ3) is 26.2. The van der Waals surface area contributed by atoms with Gasteiger partial charge >= 0.3 is 70.9 Å². The minimum Gasteiger partial charge on any atom is -0.743 e. The van der Waals surface area contributed by atoms with Gasteiger partial charge in [0, 0.05) is 5.69 Å². The Morgan fingerprint density at radius 2 is 0.565 bits per heavy atom. The summed E-state index contributed by atoms with van der Waals surface area (Å²) in [5.41, 5.74) is -16.3. The summed E-state index contributed by atoms with van der Waals surface area (Å²) in [4.78, 5) is 27.4. The molecule has 716 valence electrons. The van der Waals surface area contributed by atoms with Crippen molar-refractivity contribution in [1.29, 1.82) is 0 Å². The van der Waals surface area contributed by atoms with Gasteiger partial charge in [-0.25, -0.2) is 30.0 Å². The Morgan fingerprint density at radius 3 is 0.802 bits per heavy atom. The van der Waals surface area contributed by atoms with E-state index in [0.29, 0.717) is 44.9 Å². The monoisotopic (exact) mass is 2020 g/mol. The number of benzene rings is 9. The molecule has 0 spiro atoms. The SMILES string of the molecule is CC(C)(C)Oc1ccc([S+](c2ccc(OCC(O)(C(F)(F)F)C(F)(F)F)cc2)c2ccc(OC(C(F)(F)F)C(F)(F)S(=O)(=O)[O-])cc2)cc1.O=C(Nc1ccc([S+](c2ccccc2)c2ccc(OCC(O)(C(F)(F)F)C(F)(F)F)cc2)cc1)C(F)(F)S(=O)(=O)[O-].O=C(Oc1ccc([S+](c2ccccc2)c2ccc(OCC(O)(C(F)(F)F)C(F)(F)F)cc2)cc1)C(F)(F)S(=O)(=O)[O-]. The number of carbonyl (C=O) groups is 2. The fourth-order valence-corrected chi connectivity index (χ4v) is 17.2. The number of rotatable bonds is 29. The van der Waals surface area contributed by atoms with Gasteiger partial charge in [0.15, 0.2) is 74.4 Å². The molecule has 0 radical (unpaired) electrons. The second-order valence-corrected chi connectivity index (χ2v) is 37.8. The van der Waals surface area contributed by atoms with E-state index < -0.39 is 211 Å². The quantitative estimate of drug-likeness (QED) is 0.0111. The van der Waals surface area contributed by atoms with E-state index in [0.717, 1.165) is 84.9 Å². The van der Waals surface area contributed by atoms with Crippen LogP contribution in [0.4, 0.5) is 124 Å². The lowest BCUT2D eigenvalue weighted by molar-refractivity contribution is -0.374. The van der Waals surface area contributed by atoms with Gasteiger partial charge in [-0.05, 0) is 215 Å². The summed E-state index contributed by atoms with van der Waals surface area (Å²) in [7, 11) is -22.7. The summed E-state index contributed by atoms with van der Waals surface area (Å²) >= 11 is 0. The molecule has 4 N–H and O–H groups in total. The van der Waals surface area contributed by atoms with Crippen molar-refractivity contribution in [2.24, 2.45) is 0 Å². The predicted molar refractivity (Wildman–Crippen MR) is 401 cm³/mol. The second kappa shape index (κ2) is 39.9. The van der Waals surface area contributed by atoms with Crippen molar-refractivity contribution >= 4 is 80.6 Å². The van der Waals surface area contributed by atoms with Gasteiger partial charge in [-0.1, -0.05) is 36.4 Å². The topological polar surface area (TPSA) is 334 Å². The van der Waals surface area contributed by atoms with E-state index in [2.05, 4.69) is 23.7 Å². The lowest BCUT2D eigenvalue weighted by Gasteiger charge is -2.31. The average molecular weight is 2020 g/mol. The van der Waals surface area contributed by atoms with Crippen LogP contribution in [0.5, 0.6) is 34.5 Å². The maximum atomic E-state index is 13.9. The van der Waals surface area contributed by atoms with Crippen LogP contribution in [0.1, 0.15) is 20.8 Å². The highest BCUT2D eigenvalue weighted by molar-refractivity contribution is 7.97. The smallest absolute Gasteiger partial charge is 0.432 e. The van der Waals surface area contributed by atoms with Crippen LogP contribution in [0.15, 0.2) is 275 Å². The first-order valence-electron chi connectivity index (χ1n) is 35.1. The fourth-order valence-electron chi connectivity index (χ4n) is 10.0. The zero-order valence-electron chi connectivity index (χ0n) is 65.1. The Kier molecular flexibility index (Phi) is 32.8. The molecule has 0 bridgehead atoms. The third-order valence-corrected chi connectivity index (χ3v) is 26.0. The Balaban J connectivity index is 0.000000270. The van der Waals surface area contributed by atoms with Crippen molar-refractivity contribution in [2.45, 2.75) is 152 Å². The number of hydrogen-bond acceptors (Lipinski definition) is 20. The molecule has 4 unspecified atom stereocenters. The van der Waals surface area contributed by atoms with Crippen molar-refractivity contribution in [3.8, 4) is 34.5 Å². The largest absolute Gasteiger partial charge is 0.743 e. The average Bonchev–Trinajstić information content (AvgIpc) is 0.775. The molecule has 0 saturated carbocycles. The number of alkyl halides is 27. The van der Waals surface area contributed by atoms with Crippen LogP contribution in [-0.4, -0.2) is 173 Å². The van der Waals surface area contributed by atoms with Gasteiger partial charge in [-0.2, -0.15) is 119 Å². The van der Waals surface area contributed by atoms with Crippen LogP contribution < -0.4 is 33.7 Å². The number of ether oxygens (including phenoxy) is 6. The minimum absolute atomic E-state index is 0.251. The maximum Gasteiger partial charge on any atom is 0.432 e. The highest BCUT2D eigenvalue weighted by Gasteiger charge is 2.74. The molecule has 1 amide bonds. The Morgan fingerprint density at radius 1 is 0.328 bits per heavy atom. The van der Waals surface area contributed by atoms with Gasteiger partial charge in [0.2, 0.25) is 0 Å². The summed E-state index contributed by atoms with van der Waals surface area (Å²) in [5, 5.41) is 13.0. The Labute approximate surface area is 730 Å². The number of anilines is 1. The predicted octanol–water partition coefficient (Wildman–Crippen LogP) is 17.8. The van der Waals surface area contributed by atoms with E-state index in [4.69, 9.17) is 4.74 Å². The van der Waals surface area contributed by atoms with Crippen molar-refractivity contribution < 1.29 is 211 Å². The Bertz CT molecular complexity index is 5440. The summed E-state index contributed by atoms with van der Waals surface area (Å²) in [6.45, 7) is -1.22. The number of halogens is 27. The molecule has 9 aromatic carbocycles. The Hall–Kier alpha value is -10.3. The molecule has 131 heavy (non-hydrogen) atoms. The van der Waals surface area contributed by atoms with E-state index >= 15 is 0 Å². The van der Waals surface area contributed by atoms with Crippen LogP contribution in [-0.2, 0) is 72.6 Å². The fraction of sp³-hybridized carbons (Fsp3) is 0.273. The second-order valence-electron chi connectivity index (χ2n) is 27.4. The molecule has 21 nitrogen and oxygen atoms in total. The van der Waals surface area contributed by atoms with Crippen LogP contribution in [0.2, 0.25) is 0 Å². The number of esters is 1. The normalized spacial score (nSPS) is 14.3. The number of hydrogen-bond donors (Lipinski definition) is 4. The van der Waals surface area contributed by atoms with Gasteiger partial charge in [-0.15, -0.1) is 0 Å². The number of amides is 1. The number of aliphatic hydroxyl groups is 3. The van der Waals surface area contributed by atoms with E-state index in [9.17, 15) is 182 Å². The lowest BCUT2D eigenvalue weighted by atomic mass is 10.0. The molecule has 9 aromatic rings. The lowest BCUT2D eigenvalue weighted by Crippen LogP contribution is -2.60. The summed E-state index contributed by atoms with van der Waals surface area (Å²) in [6, 6.07) is 50.9. The molecule has 0 heterocycles. The van der Waals surface area contributed by atoms with Gasteiger partial charge < -0.3 is 62.7 Å². The zero-order chi connectivity index (χ0) is 99.1. The molecule has 0 aliphatic heterocycles. The van der Waals surface area contributed by atoms with Gasteiger partial charge in [0.05, 0.1) is 32.7 Å². The molecule has 0 aromatic heterocycles. The zero-order valence-corrected chi connectivity index (χ0v) is 70.0. The van der Waals surface area contributed by atoms with E-state index in [1.165, 1.54) is 60.7 Å². The van der Waals surface area contributed by atoms with Crippen LogP contribution >= 0.6 is 0 Å². The first-order valence-corrected chi connectivity index (χ1v) is 43.0. The van der Waals surface area contributed by atoms with Crippen LogP contribution in [0.25, 0.3) is 0 Å². The molecule has 0 fully saturated rings. The van der Waals surface area contributed by atoms with Gasteiger partial charge in [0.1, 0.15) is 59.9 Å². The molecular formula is C77H58F27NO20S6. The van der Waals surface area contributed by atoms with E-state index in [-0.39, 0.29) is 10.6 Å². The molecule has 0 aliphatic rings. The summed E-state index contributed by atoms with van der Waals surface area (Å²) in [6.07, 6.45) is -46.9. The first kappa shape index (κ1) is 108. The third-order valence-electron chi connectivity index (χ3n) is 16.8. The van der Waals surface area contributed by atoms with Gasteiger partial charge in [0.25, 0.3) is 22.9 Å². The molecule has 0 aliphatic carbocycles. The highest BCUT2D eigenvalue weighted by atomic mass is 32.2. The van der Waals surface area contributed by atoms with Crippen molar-refractivity contribution in [1.82, 2.24) is 0 Å². The molecular weight excluding hydrogens is 1960 g/mol. The van der Waals surface area contributed by atoms with Crippen molar-refractivity contribution in [3.63, 3.8) is 0 Å². The van der Waals surface area contributed by atoms with Crippen LogP contribution in [0.3, 0.4) is 0 Å². The minimum atomic E-state index is -6.82. The standard InChI is InChI=1S/C29H25F11O7S2.C24H17F8NO6S2.C24H16F8O7S2/c1-24(2,3)47-19-8-14-22(15-9-19)48(20-10-4-17(5-11-20)45-16-25(41,28(35,36)37)29(38,39)40)21-12-6-18(7-13-21)46-23(26(30,31)32)27(33,34)49(42,43)44;25-22(26,41(36,37)38)20(34)33-15-6-10-18(11-7-15)40(17-4-2-1-3-5-17)19-12-8-16(9-13-19)39-14-21(35,23(27,28)29)24(30,31)32;25-22(26,41(35,36)37)20(33)39-16-8-12-19(13-9-16)40(17-4-2-1-3-5-17)18-10-6-15(7-11-18)38-14-21(34,23(27,28)29)24(30,31)32/h4-15,23,41H,16H2,1-3H3;1-13,35H,14H2,(H-,33,34,36,37,38);1-13,34H,14H2. The highest BCUT2D eigenvalue weighted by Crippen LogP contribution is 2.49. The van der Waals surface area contributed by atoms with Crippen molar-refractivity contribution in [3.05, 3.63) is 231 Å². The van der Waals surface area contributed by atoms with E-state index in [1.807, 2.05) is 0 Å². The molecule has 4 atom stereocenters. The van der Waals surface area contributed by atoms with E-state index in [1.54, 1.807) is 111 Å². The molecule has 54 heteroatoms. The molecule has 0 saturated heterocycles. The van der Waals surface area contributed by atoms with Gasteiger partial charge in [-0.3, -0.25) is 4.79 Å². The summed E-state index contributed by atoms with van der Waals surface area (Å²) in [5.74, 6) is -7.33. The molecule has 9 rings (SSSR count). The number of nitrogens with one attached hydrogen (secondary N) is 1. The first-order chi connectivity index (χ1) is 59.6.